The number of esters is 1. The number of carbonyl (C=O) groups is 1. The molecule has 2 N–H and O–H groups in total. The van der Waals surface area contributed by atoms with Gasteiger partial charge >= 0.3 is 5.97 Å². The molecule has 0 spiro atoms. The molecule has 0 aromatic heterocycles. The highest BCUT2D eigenvalue weighted by Gasteiger charge is 2.33. The van der Waals surface area contributed by atoms with Crippen molar-refractivity contribution in [3.8, 4) is 17.2 Å². The fraction of sp³-hybridized carbons (Fsp3) is 0.182. The average Bonchev–Trinajstić information content (AvgIpc) is 3.09. The lowest BCUT2D eigenvalue weighted by atomic mass is 10.1. The van der Waals surface area contributed by atoms with Crippen molar-refractivity contribution in [2.45, 2.75) is 6.92 Å². The summed E-state index contributed by atoms with van der Waals surface area (Å²) in [5.41, 5.74) is 0.657. The van der Waals surface area contributed by atoms with E-state index < -0.39 is 10.9 Å². The van der Waals surface area contributed by atoms with Crippen molar-refractivity contribution < 1.29 is 34.1 Å². The zero-order valence-electron chi connectivity index (χ0n) is 17.9. The molecule has 0 fully saturated rings. The number of hydrogen-bond acceptors (Lipinski definition) is 10. The lowest BCUT2D eigenvalue weighted by Gasteiger charge is -2.10. The van der Waals surface area contributed by atoms with E-state index in [0.717, 1.165) is 11.8 Å². The first-order valence-corrected chi connectivity index (χ1v) is 10.4. The normalized spacial score (nSPS) is 15.7. The Labute approximate surface area is 193 Å². The van der Waals surface area contributed by atoms with Gasteiger partial charge < -0.3 is 24.4 Å². The zero-order chi connectivity index (χ0) is 24.1. The first-order chi connectivity index (χ1) is 15.8. The Morgan fingerprint density at radius 3 is 2.27 bits per heavy atom. The Kier molecular flexibility index (Phi) is 7.23. The third-order valence-electron chi connectivity index (χ3n) is 4.46. The Morgan fingerprint density at radius 2 is 1.76 bits per heavy atom. The van der Waals surface area contributed by atoms with Crippen LogP contribution in [0.25, 0.3) is 6.08 Å². The van der Waals surface area contributed by atoms with Crippen LogP contribution in [0.1, 0.15) is 12.5 Å². The fourth-order valence-electron chi connectivity index (χ4n) is 2.91. The predicted octanol–water partition coefficient (Wildman–Crippen LogP) is 4.51. The summed E-state index contributed by atoms with van der Waals surface area (Å²) in [6.07, 6.45) is 1.57. The second-order valence-corrected chi connectivity index (χ2v) is 7.55. The molecule has 0 unspecified atom stereocenters. The van der Waals surface area contributed by atoms with Crippen LogP contribution >= 0.6 is 11.8 Å². The summed E-state index contributed by atoms with van der Waals surface area (Å²) in [7, 11) is 2.78. The van der Waals surface area contributed by atoms with E-state index in [9.17, 15) is 25.1 Å². The van der Waals surface area contributed by atoms with E-state index in [1.54, 1.807) is 13.0 Å². The Bertz CT molecular complexity index is 1160. The first kappa shape index (κ1) is 23.7. The van der Waals surface area contributed by atoms with Crippen LogP contribution in [0, 0.1) is 10.1 Å². The Morgan fingerprint density at radius 1 is 1.15 bits per heavy atom. The second kappa shape index (κ2) is 10.1. The summed E-state index contributed by atoms with van der Waals surface area (Å²) >= 11 is 1.02. The van der Waals surface area contributed by atoms with Crippen LogP contribution < -0.4 is 9.47 Å². The molecule has 0 radical (unpaired) electrons. The molecule has 172 valence electrons. The fourth-order valence-corrected chi connectivity index (χ4v) is 3.94. The number of aliphatic hydroxyl groups is 1. The minimum absolute atomic E-state index is 0.0937. The number of aromatic hydroxyl groups is 1. The Balaban J connectivity index is 2.06. The van der Waals surface area contributed by atoms with Gasteiger partial charge in [0.15, 0.2) is 11.5 Å². The van der Waals surface area contributed by atoms with Crippen molar-refractivity contribution in [1.82, 2.24) is 0 Å². The number of carbonyl (C=O) groups excluding carboxylic acids is 1. The SMILES string of the molecule is CCOC(=O)C1=C(O)/C(=C/c2cc(OC)c(O)c(OC)c2)SC1=Nc1ccc([N+](=O)[O-])cc1. The van der Waals surface area contributed by atoms with Crippen molar-refractivity contribution in [2.24, 2.45) is 4.99 Å². The molecule has 0 bridgehead atoms. The number of nitrogens with zero attached hydrogens (tertiary/aromatic N) is 2. The lowest BCUT2D eigenvalue weighted by Crippen LogP contribution is -2.12. The van der Waals surface area contributed by atoms with Crippen molar-refractivity contribution >= 4 is 40.2 Å². The molecule has 3 rings (SSSR count). The molecular weight excluding hydrogens is 452 g/mol. The molecule has 1 aliphatic heterocycles. The van der Waals surface area contributed by atoms with Crippen molar-refractivity contribution in [1.29, 1.82) is 0 Å². The standard InChI is InChI=1S/C22H20N2O8S/c1-4-32-22(27)18-20(26)17(11-12-9-15(30-2)19(25)16(10-12)31-3)33-21(18)23-13-5-7-14(8-6-13)24(28)29/h5-11,25-26H,4H2,1-3H3/b17-11-,23-21?. The quantitative estimate of drug-likeness (QED) is 0.338. The van der Waals surface area contributed by atoms with Crippen LogP contribution in [0.5, 0.6) is 17.2 Å². The van der Waals surface area contributed by atoms with E-state index >= 15 is 0 Å². The van der Waals surface area contributed by atoms with Gasteiger partial charge in [0.25, 0.3) is 5.69 Å². The van der Waals surface area contributed by atoms with E-state index in [1.165, 1.54) is 50.6 Å². The summed E-state index contributed by atoms with van der Waals surface area (Å²) in [6, 6.07) is 8.52. The number of nitro groups is 1. The zero-order valence-corrected chi connectivity index (χ0v) is 18.7. The van der Waals surface area contributed by atoms with Gasteiger partial charge in [0.1, 0.15) is 16.4 Å². The van der Waals surface area contributed by atoms with E-state index in [4.69, 9.17) is 14.2 Å². The molecule has 0 amide bonds. The third-order valence-corrected chi connectivity index (χ3v) is 5.48. The largest absolute Gasteiger partial charge is 0.506 e. The highest BCUT2D eigenvalue weighted by molar-refractivity contribution is 8.18. The number of thioether (sulfide) groups is 1. The van der Waals surface area contributed by atoms with Crippen LogP contribution in [0.15, 0.2) is 57.6 Å². The molecule has 2 aromatic carbocycles. The van der Waals surface area contributed by atoms with Gasteiger partial charge in [-0.1, -0.05) is 11.8 Å². The van der Waals surface area contributed by atoms with Gasteiger partial charge in [-0.3, -0.25) is 10.1 Å². The minimum Gasteiger partial charge on any atom is -0.506 e. The number of non-ortho nitro benzene ring substituents is 1. The van der Waals surface area contributed by atoms with Crippen molar-refractivity contribution in [3.05, 3.63) is 68.3 Å². The summed E-state index contributed by atoms with van der Waals surface area (Å²) < 4.78 is 15.4. The number of benzene rings is 2. The van der Waals surface area contributed by atoms with Gasteiger partial charge in [-0.25, -0.2) is 9.79 Å². The third kappa shape index (κ3) is 5.09. The summed E-state index contributed by atoms with van der Waals surface area (Å²) in [5.74, 6) is -0.928. The lowest BCUT2D eigenvalue weighted by molar-refractivity contribution is -0.384. The number of hydrogen-bond donors (Lipinski definition) is 2. The number of phenolic OH excluding ortho intramolecular Hbond substituents is 1. The van der Waals surface area contributed by atoms with Gasteiger partial charge in [-0.2, -0.15) is 0 Å². The van der Waals surface area contributed by atoms with Gasteiger partial charge in [0.05, 0.1) is 36.3 Å². The molecule has 33 heavy (non-hydrogen) atoms. The highest BCUT2D eigenvalue weighted by atomic mass is 32.2. The van der Waals surface area contributed by atoms with Gasteiger partial charge in [0, 0.05) is 12.1 Å². The Hall–Kier alpha value is -3.99. The average molecular weight is 472 g/mol. The first-order valence-electron chi connectivity index (χ1n) is 9.57. The number of aliphatic hydroxyl groups excluding tert-OH is 1. The van der Waals surface area contributed by atoms with E-state index in [2.05, 4.69) is 4.99 Å². The molecule has 0 saturated heterocycles. The smallest absolute Gasteiger partial charge is 0.344 e. The predicted molar refractivity (Wildman–Crippen MR) is 123 cm³/mol. The van der Waals surface area contributed by atoms with Gasteiger partial charge in [0.2, 0.25) is 5.75 Å². The van der Waals surface area contributed by atoms with Crippen molar-refractivity contribution in [3.63, 3.8) is 0 Å². The molecule has 0 saturated carbocycles. The maximum atomic E-state index is 12.5. The molecule has 11 heteroatoms. The number of phenols is 1. The number of aliphatic imine (C=N–C) groups is 1. The molecule has 0 atom stereocenters. The number of methoxy groups -OCH3 is 2. The van der Waals surface area contributed by atoms with Crippen LogP contribution in [-0.4, -0.2) is 47.0 Å². The van der Waals surface area contributed by atoms with Gasteiger partial charge in [-0.15, -0.1) is 0 Å². The highest BCUT2D eigenvalue weighted by Crippen LogP contribution is 2.42. The monoisotopic (exact) mass is 472 g/mol. The molecule has 1 aliphatic rings. The number of rotatable bonds is 7. The van der Waals surface area contributed by atoms with Crippen LogP contribution in [0.4, 0.5) is 11.4 Å². The van der Waals surface area contributed by atoms with E-state index in [-0.39, 0.29) is 45.9 Å². The molecule has 2 aromatic rings. The summed E-state index contributed by atoms with van der Waals surface area (Å²) in [5, 5.41) is 31.9. The molecular formula is C22H20N2O8S. The summed E-state index contributed by atoms with van der Waals surface area (Å²) in [4.78, 5) is 27.5. The maximum Gasteiger partial charge on any atom is 0.344 e. The van der Waals surface area contributed by atoms with E-state index in [0.29, 0.717) is 16.2 Å². The molecule has 10 nitrogen and oxygen atoms in total. The van der Waals surface area contributed by atoms with E-state index in [1.807, 2.05) is 0 Å². The van der Waals surface area contributed by atoms with Gasteiger partial charge in [-0.05, 0) is 42.8 Å². The van der Waals surface area contributed by atoms with Crippen molar-refractivity contribution in [2.75, 3.05) is 20.8 Å². The van der Waals surface area contributed by atoms with Crippen LogP contribution in [0.2, 0.25) is 0 Å². The van der Waals surface area contributed by atoms with Crippen LogP contribution in [0.3, 0.4) is 0 Å². The molecule has 1 heterocycles. The number of ether oxygens (including phenoxy) is 3. The summed E-state index contributed by atoms with van der Waals surface area (Å²) in [6.45, 7) is 1.73. The minimum atomic E-state index is -0.757. The van der Waals surface area contributed by atoms with Crippen LogP contribution in [-0.2, 0) is 9.53 Å². The second-order valence-electron chi connectivity index (χ2n) is 6.52. The maximum absolute atomic E-state index is 12.5. The number of nitro benzene ring substituents is 1. The topological polar surface area (TPSA) is 141 Å². The molecule has 0 aliphatic carbocycles.